The smallest absolute Gasteiger partial charge is 0.196 e. The van der Waals surface area contributed by atoms with E-state index in [9.17, 15) is 19.5 Å². The highest BCUT2D eigenvalue weighted by atomic mass is 16.3. The lowest BCUT2D eigenvalue weighted by Gasteiger charge is -2.25. The van der Waals surface area contributed by atoms with Gasteiger partial charge in [0.2, 0.25) is 0 Å². The lowest BCUT2D eigenvalue weighted by Crippen LogP contribution is -2.23. The van der Waals surface area contributed by atoms with Crippen molar-refractivity contribution in [3.05, 3.63) is 112 Å². The van der Waals surface area contributed by atoms with Crippen molar-refractivity contribution in [1.82, 2.24) is 4.98 Å². The zero-order valence-corrected chi connectivity index (χ0v) is 17.2. The molecule has 0 bridgehead atoms. The third-order valence-electron chi connectivity index (χ3n) is 6.92. The molecule has 33 heavy (non-hydrogen) atoms. The summed E-state index contributed by atoms with van der Waals surface area (Å²) in [6, 6.07) is 13.9. The predicted octanol–water partition coefficient (Wildman–Crippen LogP) is 5.30. The van der Waals surface area contributed by atoms with Gasteiger partial charge in [-0.2, -0.15) is 0 Å². The van der Waals surface area contributed by atoms with Crippen LogP contribution in [0.1, 0.15) is 47.8 Å². The summed E-state index contributed by atoms with van der Waals surface area (Å²) in [5.41, 5.74) is 4.00. The Morgan fingerprint density at radius 1 is 0.697 bits per heavy atom. The van der Waals surface area contributed by atoms with E-state index in [1.807, 2.05) is 12.1 Å². The van der Waals surface area contributed by atoms with Crippen molar-refractivity contribution in [2.75, 3.05) is 0 Å². The summed E-state index contributed by atoms with van der Waals surface area (Å²) in [5, 5.41) is 12.7. The molecule has 0 aliphatic heterocycles. The number of ketones is 3. The van der Waals surface area contributed by atoms with Gasteiger partial charge in [-0.25, -0.2) is 0 Å². The molecule has 156 valence electrons. The van der Waals surface area contributed by atoms with Crippen molar-refractivity contribution in [1.29, 1.82) is 0 Å². The van der Waals surface area contributed by atoms with Gasteiger partial charge in [0, 0.05) is 38.6 Å². The molecule has 1 aromatic heterocycles. The Morgan fingerprint density at radius 2 is 1.36 bits per heavy atom. The van der Waals surface area contributed by atoms with Crippen LogP contribution in [0.2, 0.25) is 0 Å². The number of nitrogens with one attached hydrogen (secondary N) is 1. The minimum Gasteiger partial charge on any atom is -0.507 e. The van der Waals surface area contributed by atoms with Crippen LogP contribution in [0.4, 0.5) is 0 Å². The summed E-state index contributed by atoms with van der Waals surface area (Å²) >= 11 is 0. The summed E-state index contributed by atoms with van der Waals surface area (Å²) in [5.74, 6) is -0.946. The molecule has 1 unspecified atom stereocenters. The summed E-state index contributed by atoms with van der Waals surface area (Å²) < 4.78 is 0. The number of carbonyl (C=O) groups excluding carboxylic acids is 3. The second-order valence-corrected chi connectivity index (χ2v) is 8.54. The van der Waals surface area contributed by atoms with Crippen molar-refractivity contribution in [2.24, 2.45) is 5.92 Å². The number of aliphatic hydroxyl groups excluding tert-OH is 1. The minimum absolute atomic E-state index is 0.0500. The monoisotopic (exact) mass is 429 g/mol. The standard InChI is InChI=1S/C28H15NO4/c30-25-15-5-1-3-7-17(15)27(32)21-19(25)11-9-13-14-10-12-20-22(24(14)29-23(13)21)28(33)18-8-4-2-6-16(18)26(20)31/h1-12,15,29,32H. The summed E-state index contributed by atoms with van der Waals surface area (Å²) in [4.78, 5) is 43.0. The van der Waals surface area contributed by atoms with Gasteiger partial charge in [0.15, 0.2) is 17.3 Å². The Balaban J connectivity index is 1.57. The molecule has 0 saturated carbocycles. The number of aliphatic hydroxyl groups is 1. The largest absolute Gasteiger partial charge is 0.507 e. The fourth-order valence-electron chi connectivity index (χ4n) is 5.38. The third kappa shape index (κ3) is 2.13. The van der Waals surface area contributed by atoms with Gasteiger partial charge in [0.25, 0.3) is 0 Å². The number of rotatable bonds is 0. The summed E-state index contributed by atoms with van der Waals surface area (Å²) in [6.07, 6.45) is 7.13. The molecule has 3 aliphatic rings. The highest BCUT2D eigenvalue weighted by molar-refractivity contribution is 6.33. The number of aromatic nitrogens is 1. The average molecular weight is 429 g/mol. The Labute approximate surface area is 187 Å². The van der Waals surface area contributed by atoms with Crippen molar-refractivity contribution in [2.45, 2.75) is 0 Å². The van der Waals surface area contributed by atoms with Crippen molar-refractivity contribution < 1.29 is 19.5 Å². The first-order valence-electron chi connectivity index (χ1n) is 10.7. The molecule has 5 heteroatoms. The van der Waals surface area contributed by atoms with E-state index in [0.29, 0.717) is 50.0 Å². The zero-order chi connectivity index (χ0) is 22.4. The Hall–Kier alpha value is -4.51. The van der Waals surface area contributed by atoms with Gasteiger partial charge in [-0.05, 0) is 12.1 Å². The quantitative estimate of drug-likeness (QED) is 0.350. The van der Waals surface area contributed by atoms with Gasteiger partial charge in [-0.15, -0.1) is 0 Å². The van der Waals surface area contributed by atoms with E-state index in [2.05, 4.69) is 4.98 Å². The van der Waals surface area contributed by atoms with Crippen LogP contribution in [0, 0.1) is 5.92 Å². The van der Waals surface area contributed by atoms with E-state index in [4.69, 9.17) is 0 Å². The van der Waals surface area contributed by atoms with E-state index in [-0.39, 0.29) is 23.1 Å². The first-order valence-corrected chi connectivity index (χ1v) is 10.7. The third-order valence-corrected chi connectivity index (χ3v) is 6.92. The molecule has 1 atom stereocenters. The minimum atomic E-state index is -0.507. The number of hydrogen-bond donors (Lipinski definition) is 2. The molecule has 5 nitrogen and oxygen atoms in total. The number of Topliss-reactive ketones (excluding diaryl/α,β-unsaturated/α-hetero) is 1. The number of aromatic amines is 1. The van der Waals surface area contributed by atoms with Crippen LogP contribution >= 0.6 is 0 Å². The van der Waals surface area contributed by atoms with E-state index in [1.165, 1.54) is 0 Å². The summed E-state index contributed by atoms with van der Waals surface area (Å²) in [6.45, 7) is 0. The number of hydrogen-bond acceptors (Lipinski definition) is 4. The van der Waals surface area contributed by atoms with Gasteiger partial charge in [0.05, 0.1) is 28.1 Å². The van der Waals surface area contributed by atoms with Gasteiger partial charge in [0.1, 0.15) is 5.76 Å². The number of benzene rings is 3. The molecule has 0 fully saturated rings. The van der Waals surface area contributed by atoms with Gasteiger partial charge in [-0.1, -0.05) is 60.7 Å². The molecule has 3 aliphatic carbocycles. The lowest BCUT2D eigenvalue weighted by atomic mass is 9.78. The van der Waals surface area contributed by atoms with Crippen LogP contribution in [-0.2, 0) is 0 Å². The van der Waals surface area contributed by atoms with Gasteiger partial charge in [-0.3, -0.25) is 14.4 Å². The van der Waals surface area contributed by atoms with Gasteiger partial charge < -0.3 is 10.1 Å². The number of allylic oxidation sites excluding steroid dienone is 5. The maximum absolute atomic E-state index is 13.4. The first-order chi connectivity index (χ1) is 16.1. The van der Waals surface area contributed by atoms with Crippen LogP contribution in [-0.4, -0.2) is 27.4 Å². The maximum Gasteiger partial charge on any atom is 0.196 e. The highest BCUT2D eigenvalue weighted by Crippen LogP contribution is 2.43. The van der Waals surface area contributed by atoms with Crippen LogP contribution in [0.25, 0.3) is 27.6 Å². The van der Waals surface area contributed by atoms with E-state index in [0.717, 1.165) is 10.8 Å². The Kier molecular flexibility index (Phi) is 3.32. The fourth-order valence-corrected chi connectivity index (χ4v) is 5.38. The van der Waals surface area contributed by atoms with Crippen LogP contribution < -0.4 is 0 Å². The topological polar surface area (TPSA) is 87.2 Å². The van der Waals surface area contributed by atoms with Gasteiger partial charge >= 0.3 is 0 Å². The fraction of sp³-hybridized carbons (Fsp3) is 0.0357. The molecule has 3 aromatic carbocycles. The number of fused-ring (bicyclic) bond motifs is 9. The number of carbonyl (C=O) groups is 3. The molecule has 0 saturated heterocycles. The molecular formula is C28H15NO4. The van der Waals surface area contributed by atoms with Crippen molar-refractivity contribution in [3.8, 4) is 0 Å². The average Bonchev–Trinajstić information content (AvgIpc) is 3.24. The second-order valence-electron chi connectivity index (χ2n) is 8.54. The predicted molar refractivity (Wildman–Crippen MR) is 125 cm³/mol. The molecule has 4 aromatic rings. The lowest BCUT2D eigenvalue weighted by molar-refractivity contribution is 0.0956. The van der Waals surface area contributed by atoms with Crippen molar-refractivity contribution >= 4 is 44.9 Å². The van der Waals surface area contributed by atoms with Crippen LogP contribution in [0.3, 0.4) is 0 Å². The molecule has 0 amide bonds. The van der Waals surface area contributed by atoms with E-state index in [1.54, 1.807) is 60.7 Å². The van der Waals surface area contributed by atoms with E-state index < -0.39 is 5.92 Å². The molecular weight excluding hydrogens is 414 g/mol. The highest BCUT2D eigenvalue weighted by Gasteiger charge is 2.36. The second kappa shape index (κ2) is 6.04. The Bertz CT molecular complexity index is 1730. The summed E-state index contributed by atoms with van der Waals surface area (Å²) in [7, 11) is 0. The molecule has 2 N–H and O–H groups in total. The molecule has 1 heterocycles. The van der Waals surface area contributed by atoms with Crippen LogP contribution in [0.5, 0.6) is 0 Å². The van der Waals surface area contributed by atoms with Crippen LogP contribution in [0.15, 0.2) is 78.4 Å². The first kappa shape index (κ1) is 18.1. The molecule has 0 spiro atoms. The molecule has 7 rings (SSSR count). The van der Waals surface area contributed by atoms with Crippen molar-refractivity contribution in [3.63, 3.8) is 0 Å². The zero-order valence-electron chi connectivity index (χ0n) is 17.2. The van der Waals surface area contributed by atoms with E-state index >= 15 is 0 Å². The maximum atomic E-state index is 13.4. The Morgan fingerprint density at radius 3 is 2.12 bits per heavy atom. The SMILES string of the molecule is O=C1c2ccccc2C(=O)c2c1ccc1c2[nH]c2c3c(ccc21)C(=O)C1C=CC=CC1=C3O. The number of H-pyrrole nitrogens is 1. The molecule has 0 radical (unpaired) electrons. The normalized spacial score (nSPS) is 18.5.